The molecule has 1 heterocycles. The summed E-state index contributed by atoms with van der Waals surface area (Å²) in [6.07, 6.45) is 1.65. The van der Waals surface area contributed by atoms with Gasteiger partial charge in [-0.05, 0) is 24.1 Å². The third kappa shape index (κ3) is 5.15. The van der Waals surface area contributed by atoms with Crippen LogP contribution in [0, 0.1) is 11.3 Å². The van der Waals surface area contributed by atoms with Crippen LogP contribution in [0.2, 0.25) is 0 Å². The highest BCUT2D eigenvalue weighted by molar-refractivity contribution is 7.07. The van der Waals surface area contributed by atoms with Gasteiger partial charge < -0.3 is 10.1 Å². The van der Waals surface area contributed by atoms with E-state index < -0.39 is 17.4 Å². The molecule has 8 heteroatoms. The first-order valence-corrected chi connectivity index (χ1v) is 10.2. The Hall–Kier alpha value is -3.96. The number of hydrogen-bond donors (Lipinski definition) is 1. The van der Waals surface area contributed by atoms with Gasteiger partial charge >= 0.3 is 5.97 Å². The molecule has 0 aliphatic heterocycles. The molecular weight excluding hydrogens is 414 g/mol. The van der Waals surface area contributed by atoms with Gasteiger partial charge in [-0.15, -0.1) is 11.3 Å². The van der Waals surface area contributed by atoms with Crippen LogP contribution in [0.25, 0.3) is 17.3 Å². The summed E-state index contributed by atoms with van der Waals surface area (Å²) in [6, 6.07) is 20.2. The van der Waals surface area contributed by atoms with E-state index in [4.69, 9.17) is 0 Å². The quantitative estimate of drug-likeness (QED) is 0.582. The van der Waals surface area contributed by atoms with Crippen molar-refractivity contribution in [3.8, 4) is 11.8 Å². The maximum Gasteiger partial charge on any atom is 0.332 e. The number of aromatic nitrogens is 1. The van der Waals surface area contributed by atoms with Crippen LogP contribution in [0.1, 0.15) is 5.56 Å². The standard InChI is InChI=1S/C23H19N3O4S/c1-30-20(27)14-19-22(29)26(17-10-6-3-7-11-17)23(31-19)18(15-24)21(28)25-13-12-16-8-4-2-5-9-16/h2-11,14H,12-13H2,1H3,(H,25,28)/b19-14+,23-18-. The van der Waals surface area contributed by atoms with Crippen molar-refractivity contribution in [2.24, 2.45) is 0 Å². The zero-order chi connectivity index (χ0) is 22.2. The first kappa shape index (κ1) is 21.7. The first-order chi connectivity index (χ1) is 15.0. The fourth-order valence-corrected chi connectivity index (χ4v) is 3.94. The number of amides is 1. The Morgan fingerprint density at radius 1 is 1.13 bits per heavy atom. The van der Waals surface area contributed by atoms with E-state index in [9.17, 15) is 19.6 Å². The number of carbonyl (C=O) groups is 2. The third-order valence-corrected chi connectivity index (χ3v) is 5.48. The summed E-state index contributed by atoms with van der Waals surface area (Å²) < 4.78 is 6.07. The van der Waals surface area contributed by atoms with Gasteiger partial charge in [0.1, 0.15) is 15.3 Å². The molecule has 0 bridgehead atoms. The molecule has 2 aromatic carbocycles. The Morgan fingerprint density at radius 2 is 1.77 bits per heavy atom. The van der Waals surface area contributed by atoms with Crippen molar-refractivity contribution in [3.63, 3.8) is 0 Å². The number of esters is 1. The largest absolute Gasteiger partial charge is 0.466 e. The Bertz CT molecular complexity index is 1300. The Labute approximate surface area is 182 Å². The average molecular weight is 433 g/mol. The van der Waals surface area contributed by atoms with Gasteiger partial charge in [0, 0.05) is 12.6 Å². The molecule has 3 aromatic rings. The lowest BCUT2D eigenvalue weighted by Gasteiger charge is -2.06. The molecule has 1 aromatic heterocycles. The fourth-order valence-electron chi connectivity index (χ4n) is 2.88. The SMILES string of the molecule is COC(=O)/C=c1/s/c(=C(/C#N)C(=O)NCCc2ccccc2)n(-c2ccccc2)c1=O. The summed E-state index contributed by atoms with van der Waals surface area (Å²) in [6.45, 7) is 0.329. The lowest BCUT2D eigenvalue weighted by Crippen LogP contribution is -2.34. The van der Waals surface area contributed by atoms with E-state index in [-0.39, 0.29) is 14.8 Å². The lowest BCUT2D eigenvalue weighted by molar-refractivity contribution is -0.133. The molecule has 0 saturated heterocycles. The summed E-state index contributed by atoms with van der Waals surface area (Å²) in [4.78, 5) is 37.4. The van der Waals surface area contributed by atoms with E-state index in [1.165, 1.54) is 11.7 Å². The molecule has 7 nitrogen and oxygen atoms in total. The minimum atomic E-state index is -0.698. The van der Waals surface area contributed by atoms with Gasteiger partial charge in [0.05, 0.1) is 12.8 Å². The highest BCUT2D eigenvalue weighted by Crippen LogP contribution is 2.04. The van der Waals surface area contributed by atoms with Crippen LogP contribution in [0.4, 0.5) is 0 Å². The van der Waals surface area contributed by atoms with E-state index >= 15 is 0 Å². The van der Waals surface area contributed by atoms with E-state index in [1.807, 2.05) is 36.4 Å². The van der Waals surface area contributed by atoms with Crippen molar-refractivity contribution in [2.45, 2.75) is 6.42 Å². The number of thiazole rings is 1. The maximum absolute atomic E-state index is 13.0. The molecule has 0 unspecified atom stereocenters. The van der Waals surface area contributed by atoms with Crippen molar-refractivity contribution in [3.05, 3.63) is 85.8 Å². The number of carbonyl (C=O) groups excluding carboxylic acids is 2. The van der Waals surface area contributed by atoms with Gasteiger partial charge in [-0.1, -0.05) is 48.5 Å². The molecule has 3 rings (SSSR count). The molecular formula is C23H19N3O4S. The minimum Gasteiger partial charge on any atom is -0.466 e. The molecule has 1 N–H and O–H groups in total. The van der Waals surface area contributed by atoms with E-state index in [2.05, 4.69) is 10.1 Å². The van der Waals surface area contributed by atoms with E-state index in [1.54, 1.807) is 30.3 Å². The van der Waals surface area contributed by atoms with Gasteiger partial charge in [-0.2, -0.15) is 5.26 Å². The fraction of sp³-hybridized carbons (Fsp3) is 0.130. The normalized spacial score (nSPS) is 12.1. The molecule has 0 atom stereocenters. The zero-order valence-electron chi connectivity index (χ0n) is 16.7. The van der Waals surface area contributed by atoms with Gasteiger partial charge in [0.25, 0.3) is 11.5 Å². The van der Waals surface area contributed by atoms with Crippen molar-refractivity contribution < 1.29 is 14.3 Å². The number of benzene rings is 2. The maximum atomic E-state index is 13.0. The summed E-state index contributed by atoms with van der Waals surface area (Å²) in [5.41, 5.74) is 0.812. The van der Waals surface area contributed by atoms with E-state index in [0.717, 1.165) is 23.0 Å². The summed E-state index contributed by atoms with van der Waals surface area (Å²) in [5, 5.41) is 12.4. The molecule has 156 valence electrons. The Morgan fingerprint density at radius 3 is 2.39 bits per heavy atom. The van der Waals surface area contributed by atoms with Gasteiger partial charge in [-0.3, -0.25) is 14.2 Å². The zero-order valence-corrected chi connectivity index (χ0v) is 17.5. The van der Waals surface area contributed by atoms with Crippen molar-refractivity contribution in [1.29, 1.82) is 5.26 Å². The highest BCUT2D eigenvalue weighted by Gasteiger charge is 2.17. The second-order valence-electron chi connectivity index (χ2n) is 6.39. The van der Waals surface area contributed by atoms with E-state index in [0.29, 0.717) is 18.7 Å². The van der Waals surface area contributed by atoms with Gasteiger partial charge in [-0.25, -0.2) is 4.79 Å². The molecule has 0 spiro atoms. The van der Waals surface area contributed by atoms with Crippen LogP contribution in [0.15, 0.2) is 65.5 Å². The van der Waals surface area contributed by atoms with Crippen LogP contribution in [-0.4, -0.2) is 30.1 Å². The number of para-hydroxylation sites is 1. The predicted octanol–water partition coefficient (Wildman–Crippen LogP) is 0.886. The third-order valence-electron chi connectivity index (χ3n) is 4.38. The predicted molar refractivity (Wildman–Crippen MR) is 118 cm³/mol. The smallest absolute Gasteiger partial charge is 0.332 e. The number of nitrogens with one attached hydrogen (secondary N) is 1. The number of methoxy groups -OCH3 is 1. The van der Waals surface area contributed by atoms with Crippen molar-refractivity contribution in [1.82, 2.24) is 9.88 Å². The van der Waals surface area contributed by atoms with Gasteiger partial charge in [0.15, 0.2) is 5.57 Å². The molecule has 0 aliphatic carbocycles. The van der Waals surface area contributed by atoms with Crippen molar-refractivity contribution >= 4 is 34.9 Å². The minimum absolute atomic E-state index is 0.0653. The van der Waals surface area contributed by atoms with Crippen molar-refractivity contribution in [2.75, 3.05) is 13.7 Å². The monoisotopic (exact) mass is 433 g/mol. The molecule has 0 radical (unpaired) electrons. The molecule has 31 heavy (non-hydrogen) atoms. The molecule has 0 aliphatic rings. The second kappa shape index (κ2) is 10.2. The first-order valence-electron chi connectivity index (χ1n) is 9.38. The average Bonchev–Trinajstić information content (AvgIpc) is 3.11. The van der Waals surface area contributed by atoms with Crippen LogP contribution in [0.3, 0.4) is 0 Å². The van der Waals surface area contributed by atoms with Gasteiger partial charge in [0.2, 0.25) is 0 Å². The van der Waals surface area contributed by atoms with Crippen LogP contribution >= 0.6 is 11.3 Å². The van der Waals surface area contributed by atoms with Crippen LogP contribution in [0.5, 0.6) is 0 Å². The second-order valence-corrected chi connectivity index (χ2v) is 7.42. The van der Waals surface area contributed by atoms with Crippen LogP contribution < -0.4 is 20.1 Å². The summed E-state index contributed by atoms with van der Waals surface area (Å²) in [5.74, 6) is -1.29. The summed E-state index contributed by atoms with van der Waals surface area (Å²) in [7, 11) is 1.20. The number of ether oxygens (including phenoxy) is 1. The number of rotatable bonds is 6. The molecule has 0 saturated carbocycles. The Balaban J connectivity index is 2.06. The number of hydrogen-bond acceptors (Lipinski definition) is 6. The lowest BCUT2D eigenvalue weighted by atomic mass is 10.1. The highest BCUT2D eigenvalue weighted by atomic mass is 32.1. The number of nitrogens with zero attached hydrogens (tertiary/aromatic N) is 2. The summed E-state index contributed by atoms with van der Waals surface area (Å²) >= 11 is 0.889. The molecule has 1 amide bonds. The Kier molecular flexibility index (Phi) is 7.14. The van der Waals surface area contributed by atoms with Crippen LogP contribution in [-0.2, 0) is 20.7 Å². The topological polar surface area (TPSA) is 101 Å². The molecule has 0 fully saturated rings. The number of nitriles is 1.